The van der Waals surface area contributed by atoms with Crippen LogP contribution in [0, 0.1) is 0 Å². The largest absolute Gasteiger partial charge is 0.367 e. The molecule has 1 amide bonds. The van der Waals surface area contributed by atoms with Gasteiger partial charge in [0.15, 0.2) is 0 Å². The zero-order valence-corrected chi connectivity index (χ0v) is 13.0. The number of amides is 1. The zero-order chi connectivity index (χ0) is 15.4. The fourth-order valence-corrected chi connectivity index (χ4v) is 3.26. The monoisotopic (exact) mass is 317 g/mol. The molecular formula is C16H19N3O2S. The summed E-state index contributed by atoms with van der Waals surface area (Å²) >= 11 is 1.55. The van der Waals surface area contributed by atoms with E-state index in [0.717, 1.165) is 10.6 Å². The van der Waals surface area contributed by atoms with Gasteiger partial charge in [0.05, 0.1) is 19.2 Å². The molecule has 1 aromatic carbocycles. The molecule has 1 aromatic heterocycles. The van der Waals surface area contributed by atoms with Crippen LogP contribution in [0.1, 0.15) is 16.7 Å². The van der Waals surface area contributed by atoms with E-state index >= 15 is 0 Å². The van der Waals surface area contributed by atoms with Gasteiger partial charge in [-0.3, -0.25) is 4.79 Å². The molecule has 0 saturated carbocycles. The summed E-state index contributed by atoms with van der Waals surface area (Å²) in [5.74, 6) is -0.0197. The molecule has 1 aliphatic rings. The molecule has 0 bridgehead atoms. The van der Waals surface area contributed by atoms with Crippen molar-refractivity contribution in [2.24, 2.45) is 5.73 Å². The summed E-state index contributed by atoms with van der Waals surface area (Å²) in [4.78, 5) is 18.6. The van der Waals surface area contributed by atoms with E-state index in [2.05, 4.69) is 4.98 Å². The minimum absolute atomic E-state index is 0.0197. The lowest BCUT2D eigenvalue weighted by Crippen LogP contribution is -2.50. The van der Waals surface area contributed by atoms with Crippen LogP contribution in [0.4, 0.5) is 0 Å². The van der Waals surface area contributed by atoms with Crippen molar-refractivity contribution in [3.05, 3.63) is 52.5 Å². The number of hydrogen-bond donors (Lipinski definition) is 1. The third-order valence-corrected chi connectivity index (χ3v) is 4.59. The Morgan fingerprint density at radius 3 is 3.00 bits per heavy atom. The highest BCUT2D eigenvalue weighted by atomic mass is 32.1. The molecule has 2 unspecified atom stereocenters. The van der Waals surface area contributed by atoms with Gasteiger partial charge in [-0.2, -0.15) is 0 Å². The van der Waals surface area contributed by atoms with Gasteiger partial charge in [0, 0.05) is 18.1 Å². The predicted molar refractivity (Wildman–Crippen MR) is 85.5 cm³/mol. The maximum atomic E-state index is 12.5. The highest BCUT2D eigenvalue weighted by Gasteiger charge is 2.29. The SMILES string of the molecule is NC(Cc1ccccc1)C(=O)N1CCOC(c2nccs2)C1. The first-order valence-electron chi connectivity index (χ1n) is 7.33. The first kappa shape index (κ1) is 15.1. The van der Waals surface area contributed by atoms with Gasteiger partial charge in [0.2, 0.25) is 5.91 Å². The standard InChI is InChI=1S/C16H19N3O2S/c17-13(10-12-4-2-1-3-5-12)16(20)19-7-8-21-14(11-19)15-18-6-9-22-15/h1-6,9,13-14H,7-8,10-11,17H2. The van der Waals surface area contributed by atoms with Gasteiger partial charge in [0.1, 0.15) is 11.1 Å². The summed E-state index contributed by atoms with van der Waals surface area (Å²) in [5, 5.41) is 2.83. The molecule has 1 fully saturated rings. The van der Waals surface area contributed by atoms with Crippen molar-refractivity contribution in [2.75, 3.05) is 19.7 Å². The van der Waals surface area contributed by atoms with Gasteiger partial charge < -0.3 is 15.4 Å². The lowest BCUT2D eigenvalue weighted by atomic mass is 10.1. The van der Waals surface area contributed by atoms with E-state index in [1.165, 1.54) is 0 Å². The van der Waals surface area contributed by atoms with Crippen LogP contribution >= 0.6 is 11.3 Å². The molecule has 2 aromatic rings. The summed E-state index contributed by atoms with van der Waals surface area (Å²) in [6, 6.07) is 9.34. The van der Waals surface area contributed by atoms with E-state index in [0.29, 0.717) is 26.1 Å². The summed E-state index contributed by atoms with van der Waals surface area (Å²) in [5.41, 5.74) is 7.18. The second-order valence-electron chi connectivity index (χ2n) is 5.31. The van der Waals surface area contributed by atoms with E-state index in [1.54, 1.807) is 22.4 Å². The Hall–Kier alpha value is -1.76. The molecule has 0 spiro atoms. The quantitative estimate of drug-likeness (QED) is 0.930. The highest BCUT2D eigenvalue weighted by molar-refractivity contribution is 7.09. The van der Waals surface area contributed by atoms with Crippen molar-refractivity contribution >= 4 is 17.2 Å². The summed E-state index contributed by atoms with van der Waals surface area (Å²) in [7, 11) is 0. The molecule has 5 nitrogen and oxygen atoms in total. The van der Waals surface area contributed by atoms with Crippen LogP contribution in [0.5, 0.6) is 0 Å². The maximum Gasteiger partial charge on any atom is 0.240 e. The maximum absolute atomic E-state index is 12.5. The summed E-state index contributed by atoms with van der Waals surface area (Å²) in [6.45, 7) is 1.63. The van der Waals surface area contributed by atoms with Crippen LogP contribution in [-0.2, 0) is 16.0 Å². The number of nitrogens with two attached hydrogens (primary N) is 1. The molecule has 2 atom stereocenters. The Balaban J connectivity index is 1.61. The van der Waals surface area contributed by atoms with E-state index in [1.807, 2.05) is 35.7 Å². The Morgan fingerprint density at radius 1 is 1.45 bits per heavy atom. The van der Waals surface area contributed by atoms with Crippen molar-refractivity contribution < 1.29 is 9.53 Å². The zero-order valence-electron chi connectivity index (χ0n) is 12.2. The van der Waals surface area contributed by atoms with Crippen LogP contribution in [0.15, 0.2) is 41.9 Å². The normalized spacial score (nSPS) is 19.9. The second kappa shape index (κ2) is 7.00. The molecular weight excluding hydrogens is 298 g/mol. The average molecular weight is 317 g/mol. The molecule has 2 heterocycles. The van der Waals surface area contributed by atoms with E-state index in [9.17, 15) is 4.79 Å². The van der Waals surface area contributed by atoms with Crippen LogP contribution in [0.2, 0.25) is 0 Å². The highest BCUT2D eigenvalue weighted by Crippen LogP contribution is 2.24. The fourth-order valence-electron chi connectivity index (χ4n) is 2.58. The number of hydrogen-bond acceptors (Lipinski definition) is 5. The van der Waals surface area contributed by atoms with Crippen molar-refractivity contribution in [2.45, 2.75) is 18.6 Å². The Bertz CT molecular complexity index is 603. The smallest absolute Gasteiger partial charge is 0.240 e. The molecule has 3 rings (SSSR count). The molecule has 1 aliphatic heterocycles. The van der Waals surface area contributed by atoms with Crippen LogP contribution in [0.25, 0.3) is 0 Å². The summed E-state index contributed by atoms with van der Waals surface area (Å²) < 4.78 is 5.71. The number of rotatable bonds is 4. The first-order valence-corrected chi connectivity index (χ1v) is 8.21. The topological polar surface area (TPSA) is 68.5 Å². The van der Waals surface area contributed by atoms with Crippen molar-refractivity contribution in [1.82, 2.24) is 9.88 Å². The molecule has 0 radical (unpaired) electrons. The number of nitrogens with zero attached hydrogens (tertiary/aromatic N) is 2. The number of aromatic nitrogens is 1. The van der Waals surface area contributed by atoms with Crippen LogP contribution < -0.4 is 5.73 Å². The Morgan fingerprint density at radius 2 is 2.27 bits per heavy atom. The fraction of sp³-hybridized carbons (Fsp3) is 0.375. The predicted octanol–water partition coefficient (Wildman–Crippen LogP) is 1.61. The molecule has 116 valence electrons. The van der Waals surface area contributed by atoms with Crippen molar-refractivity contribution in [3.63, 3.8) is 0 Å². The van der Waals surface area contributed by atoms with Crippen LogP contribution in [0.3, 0.4) is 0 Å². The van der Waals surface area contributed by atoms with Gasteiger partial charge in [-0.1, -0.05) is 30.3 Å². The van der Waals surface area contributed by atoms with Crippen LogP contribution in [-0.4, -0.2) is 41.5 Å². The third kappa shape index (κ3) is 3.52. The second-order valence-corrected chi connectivity index (χ2v) is 6.24. The van der Waals surface area contributed by atoms with E-state index in [-0.39, 0.29) is 12.0 Å². The van der Waals surface area contributed by atoms with E-state index in [4.69, 9.17) is 10.5 Å². The molecule has 0 aliphatic carbocycles. The molecule has 22 heavy (non-hydrogen) atoms. The first-order chi connectivity index (χ1) is 10.7. The number of carbonyl (C=O) groups excluding carboxylic acids is 1. The van der Waals surface area contributed by atoms with Crippen molar-refractivity contribution in [3.8, 4) is 0 Å². The van der Waals surface area contributed by atoms with Crippen molar-refractivity contribution in [1.29, 1.82) is 0 Å². The number of ether oxygens (including phenoxy) is 1. The lowest BCUT2D eigenvalue weighted by Gasteiger charge is -2.33. The van der Waals surface area contributed by atoms with Gasteiger partial charge >= 0.3 is 0 Å². The molecule has 2 N–H and O–H groups in total. The molecule has 6 heteroatoms. The Labute approximate surface area is 133 Å². The van der Waals surface area contributed by atoms with Gasteiger partial charge in [-0.25, -0.2) is 4.98 Å². The number of morpholine rings is 1. The minimum atomic E-state index is -0.516. The van der Waals surface area contributed by atoms with E-state index < -0.39 is 6.04 Å². The van der Waals surface area contributed by atoms with Gasteiger partial charge in [0.25, 0.3) is 0 Å². The number of carbonyl (C=O) groups is 1. The average Bonchev–Trinajstić information content (AvgIpc) is 3.10. The molecule has 1 saturated heterocycles. The third-order valence-electron chi connectivity index (χ3n) is 3.72. The number of thiazole rings is 1. The Kier molecular flexibility index (Phi) is 4.82. The van der Waals surface area contributed by atoms with Gasteiger partial charge in [-0.15, -0.1) is 11.3 Å². The summed E-state index contributed by atoms with van der Waals surface area (Å²) in [6.07, 6.45) is 2.17. The number of benzene rings is 1. The van der Waals surface area contributed by atoms with Gasteiger partial charge in [-0.05, 0) is 12.0 Å². The lowest BCUT2D eigenvalue weighted by molar-refractivity contribution is -0.140. The minimum Gasteiger partial charge on any atom is -0.367 e.